The first kappa shape index (κ1) is 17.9. The van der Waals surface area contributed by atoms with Crippen LogP contribution in [0, 0.1) is 5.82 Å². The molecule has 0 fully saturated rings. The van der Waals surface area contributed by atoms with Gasteiger partial charge in [0.2, 0.25) is 0 Å². The van der Waals surface area contributed by atoms with E-state index >= 15 is 0 Å². The van der Waals surface area contributed by atoms with Gasteiger partial charge < -0.3 is 15.2 Å². The lowest BCUT2D eigenvalue weighted by atomic mass is 10.2. The molecule has 0 unspecified atom stereocenters. The van der Waals surface area contributed by atoms with Gasteiger partial charge in [-0.05, 0) is 35.9 Å². The Morgan fingerprint density at radius 3 is 2.71 bits per heavy atom. The van der Waals surface area contributed by atoms with Crippen molar-refractivity contribution in [3.05, 3.63) is 64.4 Å². The predicted octanol–water partition coefficient (Wildman–Crippen LogP) is 3.38. The first-order chi connectivity index (χ1) is 11.5. The van der Waals surface area contributed by atoms with Gasteiger partial charge in [0, 0.05) is 5.69 Å². The Bertz CT molecular complexity index is 751. The topological polar surface area (TPSA) is 75.6 Å². The Labute approximate surface area is 143 Å². The molecule has 0 aliphatic heterocycles. The summed E-state index contributed by atoms with van der Waals surface area (Å²) in [6, 6.07) is 10.4. The fourth-order valence-corrected chi connectivity index (χ4v) is 2.13. The van der Waals surface area contributed by atoms with Crippen molar-refractivity contribution in [1.82, 2.24) is 0 Å². The van der Waals surface area contributed by atoms with Gasteiger partial charge in [0.1, 0.15) is 12.4 Å². The molecule has 0 amide bonds. The van der Waals surface area contributed by atoms with Gasteiger partial charge in [-0.15, -0.1) is 0 Å². The molecule has 0 aliphatic rings. The van der Waals surface area contributed by atoms with Crippen molar-refractivity contribution in [1.29, 1.82) is 0 Å². The second-order valence-corrected chi connectivity index (χ2v) is 5.43. The zero-order valence-corrected chi connectivity index (χ0v) is 13.3. The summed E-state index contributed by atoms with van der Waals surface area (Å²) in [6.45, 7) is 0.0219. The van der Waals surface area contributed by atoms with Crippen molar-refractivity contribution in [3.63, 3.8) is 0 Å². The molecule has 2 aromatic rings. The summed E-state index contributed by atoms with van der Waals surface area (Å²) in [7, 11) is 0. The van der Waals surface area contributed by atoms with E-state index in [0.29, 0.717) is 11.3 Å². The van der Waals surface area contributed by atoms with Crippen LogP contribution in [0.2, 0.25) is 5.02 Å². The van der Waals surface area contributed by atoms with Crippen LogP contribution in [-0.4, -0.2) is 30.0 Å². The number of carboxylic acids is 1. The Hall–Kier alpha value is -2.44. The highest BCUT2D eigenvalue weighted by molar-refractivity contribution is 6.30. The molecule has 126 valence electrons. The van der Waals surface area contributed by atoms with Gasteiger partial charge in [0.15, 0.2) is 5.78 Å². The van der Waals surface area contributed by atoms with E-state index in [2.05, 4.69) is 5.32 Å². The Morgan fingerprint density at radius 2 is 2.00 bits per heavy atom. The van der Waals surface area contributed by atoms with E-state index < -0.39 is 11.8 Å². The predicted molar refractivity (Wildman–Crippen MR) is 88.0 cm³/mol. The van der Waals surface area contributed by atoms with Crippen molar-refractivity contribution >= 4 is 29.0 Å². The maximum absolute atomic E-state index is 13.0. The van der Waals surface area contributed by atoms with Gasteiger partial charge in [-0.3, -0.25) is 4.79 Å². The molecule has 0 bridgehead atoms. The highest BCUT2D eigenvalue weighted by Gasteiger charge is 2.06. The van der Waals surface area contributed by atoms with E-state index in [-0.39, 0.29) is 36.1 Å². The number of carboxylic acid groups (broad SMARTS) is 1. The third-order valence-electron chi connectivity index (χ3n) is 3.11. The van der Waals surface area contributed by atoms with Crippen LogP contribution in [0.15, 0.2) is 42.5 Å². The van der Waals surface area contributed by atoms with Crippen LogP contribution in [-0.2, 0) is 16.1 Å². The molecule has 0 atom stereocenters. The smallest absolute Gasteiger partial charge is 0.335 e. The first-order valence-electron chi connectivity index (χ1n) is 7.06. The Balaban J connectivity index is 1.76. The fraction of sp³-hybridized carbons (Fsp3) is 0.176. The molecule has 2 rings (SSSR count). The van der Waals surface area contributed by atoms with Gasteiger partial charge in [-0.25, -0.2) is 9.18 Å². The zero-order valence-electron chi connectivity index (χ0n) is 12.6. The summed E-state index contributed by atoms with van der Waals surface area (Å²) in [4.78, 5) is 22.6. The lowest BCUT2D eigenvalue weighted by Crippen LogP contribution is -2.19. The monoisotopic (exact) mass is 351 g/mol. The lowest BCUT2D eigenvalue weighted by Gasteiger charge is -2.08. The van der Waals surface area contributed by atoms with E-state index in [4.69, 9.17) is 21.4 Å². The first-order valence-corrected chi connectivity index (χ1v) is 7.44. The largest absolute Gasteiger partial charge is 0.478 e. The molecule has 2 N–H and O–H groups in total. The fourth-order valence-electron chi connectivity index (χ4n) is 1.93. The standard InChI is InChI=1S/C17H15ClFNO4/c18-15-6-11(4-5-16(15)19)9-24-10-14(21)8-20-13-3-1-2-12(7-13)17(22)23/h1-7,20H,8-10H2,(H,22,23). The van der Waals surface area contributed by atoms with E-state index in [9.17, 15) is 14.0 Å². The molecule has 2 aromatic carbocycles. The Kier molecular flexibility index (Phi) is 6.28. The molecule has 24 heavy (non-hydrogen) atoms. The van der Waals surface area contributed by atoms with Gasteiger partial charge in [-0.1, -0.05) is 23.7 Å². The van der Waals surface area contributed by atoms with E-state index in [1.807, 2.05) is 0 Å². The third-order valence-corrected chi connectivity index (χ3v) is 3.40. The quantitative estimate of drug-likeness (QED) is 0.762. The number of aromatic carboxylic acids is 1. The summed E-state index contributed by atoms with van der Waals surface area (Å²) in [5, 5.41) is 11.7. The minimum absolute atomic E-state index is 0.00223. The van der Waals surface area contributed by atoms with E-state index in [0.717, 1.165) is 0 Å². The molecule has 0 heterocycles. The number of halogens is 2. The summed E-state index contributed by atoms with van der Waals surface area (Å²) >= 11 is 5.66. The van der Waals surface area contributed by atoms with Gasteiger partial charge >= 0.3 is 5.97 Å². The average Bonchev–Trinajstić information content (AvgIpc) is 2.56. The lowest BCUT2D eigenvalue weighted by molar-refractivity contribution is -0.122. The molecule has 0 spiro atoms. The van der Waals surface area contributed by atoms with Crippen molar-refractivity contribution in [2.45, 2.75) is 6.61 Å². The van der Waals surface area contributed by atoms with Crippen molar-refractivity contribution in [2.75, 3.05) is 18.5 Å². The minimum atomic E-state index is -1.04. The molecule has 5 nitrogen and oxygen atoms in total. The second kappa shape index (κ2) is 8.42. The number of ether oxygens (including phenoxy) is 1. The van der Waals surface area contributed by atoms with Crippen LogP contribution in [0.4, 0.5) is 10.1 Å². The van der Waals surface area contributed by atoms with Crippen LogP contribution in [0.25, 0.3) is 0 Å². The highest BCUT2D eigenvalue weighted by Crippen LogP contribution is 2.16. The van der Waals surface area contributed by atoms with Crippen molar-refractivity contribution in [2.24, 2.45) is 0 Å². The number of anilines is 1. The molecule has 0 saturated carbocycles. The maximum atomic E-state index is 13.0. The van der Waals surface area contributed by atoms with E-state index in [1.54, 1.807) is 12.1 Å². The molecule has 0 aromatic heterocycles. The summed E-state index contributed by atoms with van der Waals surface area (Å²) in [5.74, 6) is -1.75. The summed E-state index contributed by atoms with van der Waals surface area (Å²) in [5.41, 5.74) is 1.33. The van der Waals surface area contributed by atoms with E-state index in [1.165, 1.54) is 30.3 Å². The number of hydrogen-bond acceptors (Lipinski definition) is 4. The van der Waals surface area contributed by atoms with Crippen molar-refractivity contribution < 1.29 is 23.8 Å². The van der Waals surface area contributed by atoms with Gasteiger partial charge in [0.25, 0.3) is 0 Å². The molecule has 0 radical (unpaired) electrons. The van der Waals surface area contributed by atoms with Crippen LogP contribution in [0.5, 0.6) is 0 Å². The average molecular weight is 352 g/mol. The minimum Gasteiger partial charge on any atom is -0.478 e. The summed E-state index contributed by atoms with van der Waals surface area (Å²) in [6.07, 6.45) is 0. The molecular formula is C17H15ClFNO4. The highest BCUT2D eigenvalue weighted by atomic mass is 35.5. The van der Waals surface area contributed by atoms with Crippen LogP contribution in [0.1, 0.15) is 15.9 Å². The number of ketones is 1. The van der Waals surface area contributed by atoms with Crippen LogP contribution < -0.4 is 5.32 Å². The van der Waals surface area contributed by atoms with Gasteiger partial charge in [0.05, 0.1) is 23.7 Å². The maximum Gasteiger partial charge on any atom is 0.335 e. The molecule has 7 heteroatoms. The van der Waals surface area contributed by atoms with Crippen LogP contribution >= 0.6 is 11.6 Å². The normalized spacial score (nSPS) is 10.4. The summed E-state index contributed by atoms with van der Waals surface area (Å²) < 4.78 is 18.3. The third kappa shape index (κ3) is 5.33. The number of nitrogens with one attached hydrogen (secondary N) is 1. The Morgan fingerprint density at radius 1 is 1.21 bits per heavy atom. The van der Waals surface area contributed by atoms with Crippen molar-refractivity contribution in [3.8, 4) is 0 Å². The number of rotatable bonds is 8. The second-order valence-electron chi connectivity index (χ2n) is 5.02. The number of carbonyl (C=O) groups is 2. The molecular weight excluding hydrogens is 337 g/mol. The zero-order chi connectivity index (χ0) is 17.5. The number of benzene rings is 2. The SMILES string of the molecule is O=C(CNc1cccc(C(=O)O)c1)COCc1ccc(F)c(Cl)c1. The number of Topliss-reactive ketones (excluding diaryl/α,β-unsaturated/α-hetero) is 1. The molecule has 0 aliphatic carbocycles. The number of hydrogen-bond donors (Lipinski definition) is 2. The number of carbonyl (C=O) groups excluding carboxylic acids is 1. The molecule has 0 saturated heterocycles. The van der Waals surface area contributed by atoms with Crippen LogP contribution in [0.3, 0.4) is 0 Å². The van der Waals surface area contributed by atoms with Gasteiger partial charge in [-0.2, -0.15) is 0 Å².